The molecule has 3 atom stereocenters. The number of halogens is 2. The Balaban J connectivity index is 2.24. The average Bonchev–Trinajstić information content (AvgIpc) is 2.92. The van der Waals surface area contributed by atoms with Crippen LogP contribution in [0.2, 0.25) is 5.02 Å². The molecule has 1 aromatic carbocycles. The smallest absolute Gasteiger partial charge is 0.145 e. The summed E-state index contributed by atoms with van der Waals surface area (Å²) in [5.74, 6) is -0.734. The van der Waals surface area contributed by atoms with Crippen molar-refractivity contribution in [2.24, 2.45) is 11.3 Å². The first kappa shape index (κ1) is 17.2. The van der Waals surface area contributed by atoms with Crippen LogP contribution in [0.4, 0.5) is 4.39 Å². The molecule has 1 N–H and O–H groups in total. The van der Waals surface area contributed by atoms with Crippen LogP contribution in [0, 0.1) is 28.5 Å². The van der Waals surface area contributed by atoms with E-state index in [-0.39, 0.29) is 34.1 Å². The molecule has 0 aliphatic carbocycles. The van der Waals surface area contributed by atoms with E-state index < -0.39 is 0 Å². The van der Waals surface area contributed by atoms with Gasteiger partial charge in [0.2, 0.25) is 0 Å². The number of hydrogen-bond donors (Lipinski definition) is 1. The fourth-order valence-corrected chi connectivity index (χ4v) is 3.55. The molecular formula is C18H24ClFN2. The van der Waals surface area contributed by atoms with Crippen LogP contribution < -0.4 is 5.32 Å². The van der Waals surface area contributed by atoms with Crippen LogP contribution in [0.1, 0.15) is 51.5 Å². The number of nitriles is 1. The van der Waals surface area contributed by atoms with Gasteiger partial charge in [-0.15, -0.1) is 0 Å². The van der Waals surface area contributed by atoms with Crippen molar-refractivity contribution in [3.8, 4) is 6.07 Å². The van der Waals surface area contributed by atoms with Gasteiger partial charge in [0, 0.05) is 18.5 Å². The summed E-state index contributed by atoms with van der Waals surface area (Å²) in [5.41, 5.74) is 0.776. The van der Waals surface area contributed by atoms with Gasteiger partial charge in [-0.25, -0.2) is 4.39 Å². The van der Waals surface area contributed by atoms with Gasteiger partial charge in [0.15, 0.2) is 0 Å². The van der Waals surface area contributed by atoms with E-state index in [0.717, 1.165) is 19.3 Å². The molecule has 1 aliphatic heterocycles. The van der Waals surface area contributed by atoms with E-state index in [4.69, 9.17) is 11.6 Å². The van der Waals surface area contributed by atoms with E-state index in [0.29, 0.717) is 12.1 Å². The number of hydrogen-bond acceptors (Lipinski definition) is 2. The van der Waals surface area contributed by atoms with Gasteiger partial charge in [0.1, 0.15) is 5.82 Å². The van der Waals surface area contributed by atoms with Gasteiger partial charge in [-0.05, 0) is 23.5 Å². The summed E-state index contributed by atoms with van der Waals surface area (Å²) in [4.78, 5) is 0. The van der Waals surface area contributed by atoms with Crippen molar-refractivity contribution in [3.63, 3.8) is 0 Å². The lowest BCUT2D eigenvalue weighted by atomic mass is 9.75. The summed E-state index contributed by atoms with van der Waals surface area (Å²) in [6.07, 6.45) is 3.10. The second kappa shape index (κ2) is 6.98. The zero-order valence-corrected chi connectivity index (χ0v) is 14.3. The van der Waals surface area contributed by atoms with Crippen LogP contribution >= 0.6 is 11.6 Å². The van der Waals surface area contributed by atoms with Gasteiger partial charge in [0.05, 0.1) is 17.0 Å². The molecule has 1 heterocycles. The standard InChI is InChI=1S/C18H24ClFN2/c1-4-18(3,5-2)9-16-13(10-21)14(11-22-16)12-7-6-8-15(19)17(12)20/h6-8,13-14,16,22H,4-5,9,11H2,1-3H3. The van der Waals surface area contributed by atoms with Crippen LogP contribution in [0.3, 0.4) is 0 Å². The van der Waals surface area contributed by atoms with Crippen LogP contribution in [-0.2, 0) is 0 Å². The Morgan fingerprint density at radius 3 is 2.68 bits per heavy atom. The quantitative estimate of drug-likeness (QED) is 0.837. The summed E-state index contributed by atoms with van der Waals surface area (Å²) >= 11 is 5.89. The molecule has 0 spiro atoms. The molecule has 22 heavy (non-hydrogen) atoms. The second-order valence-electron chi connectivity index (χ2n) is 6.64. The zero-order valence-electron chi connectivity index (χ0n) is 13.5. The van der Waals surface area contributed by atoms with Crippen LogP contribution in [0.25, 0.3) is 0 Å². The second-order valence-corrected chi connectivity index (χ2v) is 7.05. The highest BCUT2D eigenvalue weighted by atomic mass is 35.5. The molecule has 1 fully saturated rings. The first-order valence-corrected chi connectivity index (χ1v) is 8.40. The molecule has 2 nitrogen and oxygen atoms in total. The van der Waals surface area contributed by atoms with Gasteiger partial charge in [0.25, 0.3) is 0 Å². The molecule has 0 saturated carbocycles. The van der Waals surface area contributed by atoms with E-state index in [1.807, 2.05) is 0 Å². The van der Waals surface area contributed by atoms with Crippen molar-refractivity contribution in [3.05, 3.63) is 34.6 Å². The number of nitrogens with one attached hydrogen (secondary N) is 1. The van der Waals surface area contributed by atoms with E-state index in [1.54, 1.807) is 18.2 Å². The van der Waals surface area contributed by atoms with Gasteiger partial charge < -0.3 is 5.32 Å². The van der Waals surface area contributed by atoms with Gasteiger partial charge in [-0.1, -0.05) is 57.3 Å². The maximum atomic E-state index is 14.3. The molecule has 2 rings (SSSR count). The maximum Gasteiger partial charge on any atom is 0.145 e. The summed E-state index contributed by atoms with van der Waals surface area (Å²) in [7, 11) is 0. The highest BCUT2D eigenvalue weighted by Gasteiger charge is 2.40. The summed E-state index contributed by atoms with van der Waals surface area (Å²) < 4.78 is 14.3. The molecule has 4 heteroatoms. The van der Waals surface area contributed by atoms with Crippen molar-refractivity contribution in [2.45, 2.75) is 52.0 Å². The monoisotopic (exact) mass is 322 g/mol. The van der Waals surface area contributed by atoms with Crippen LogP contribution in [-0.4, -0.2) is 12.6 Å². The minimum Gasteiger partial charge on any atom is -0.312 e. The molecular weight excluding hydrogens is 299 g/mol. The SMILES string of the molecule is CCC(C)(CC)CC1NCC(c2cccc(Cl)c2F)C1C#N. The molecule has 0 bridgehead atoms. The molecule has 0 aromatic heterocycles. The molecule has 1 saturated heterocycles. The molecule has 0 radical (unpaired) electrons. The minimum atomic E-state index is -0.384. The van der Waals surface area contributed by atoms with Gasteiger partial charge in [-0.3, -0.25) is 0 Å². The third-order valence-electron chi connectivity index (χ3n) is 5.42. The van der Waals surface area contributed by atoms with Crippen molar-refractivity contribution < 1.29 is 4.39 Å². The fraction of sp³-hybridized carbons (Fsp3) is 0.611. The summed E-state index contributed by atoms with van der Waals surface area (Å²) in [6, 6.07) is 7.57. The largest absolute Gasteiger partial charge is 0.312 e. The Hall–Kier alpha value is -1.11. The lowest BCUT2D eigenvalue weighted by Crippen LogP contribution is -2.33. The Morgan fingerprint density at radius 1 is 1.41 bits per heavy atom. The normalized spacial score (nSPS) is 25.2. The maximum absolute atomic E-state index is 14.3. The van der Waals surface area contributed by atoms with Crippen LogP contribution in [0.5, 0.6) is 0 Å². The van der Waals surface area contributed by atoms with E-state index in [9.17, 15) is 9.65 Å². The first-order chi connectivity index (χ1) is 10.5. The van der Waals surface area contributed by atoms with E-state index in [1.165, 1.54) is 0 Å². The lowest BCUT2D eigenvalue weighted by molar-refractivity contribution is 0.230. The summed E-state index contributed by atoms with van der Waals surface area (Å²) in [5, 5.41) is 13.2. The summed E-state index contributed by atoms with van der Waals surface area (Å²) in [6.45, 7) is 7.27. The predicted molar refractivity (Wildman–Crippen MR) is 88.4 cm³/mol. The van der Waals surface area contributed by atoms with Crippen molar-refractivity contribution in [2.75, 3.05) is 6.54 Å². The van der Waals surface area contributed by atoms with Crippen LogP contribution in [0.15, 0.2) is 18.2 Å². The zero-order chi connectivity index (χ0) is 16.3. The van der Waals surface area contributed by atoms with Crippen molar-refractivity contribution in [1.29, 1.82) is 5.26 Å². The molecule has 3 unspecified atom stereocenters. The highest BCUT2D eigenvalue weighted by Crippen LogP contribution is 2.40. The van der Waals surface area contributed by atoms with Gasteiger partial charge in [-0.2, -0.15) is 5.26 Å². The first-order valence-electron chi connectivity index (χ1n) is 8.02. The Kier molecular flexibility index (Phi) is 5.47. The molecule has 1 aromatic rings. The number of nitrogens with zero attached hydrogens (tertiary/aromatic N) is 1. The average molecular weight is 323 g/mol. The number of benzene rings is 1. The predicted octanol–water partition coefficient (Wildman–Crippen LogP) is 4.89. The minimum absolute atomic E-state index is 0.110. The Labute approximate surface area is 137 Å². The Morgan fingerprint density at radius 2 is 2.09 bits per heavy atom. The van der Waals surface area contributed by atoms with Gasteiger partial charge >= 0.3 is 0 Å². The third kappa shape index (κ3) is 3.29. The fourth-order valence-electron chi connectivity index (χ4n) is 3.37. The van der Waals surface area contributed by atoms with E-state index >= 15 is 0 Å². The highest BCUT2D eigenvalue weighted by molar-refractivity contribution is 6.30. The molecule has 120 valence electrons. The topological polar surface area (TPSA) is 35.8 Å². The van der Waals surface area contributed by atoms with E-state index in [2.05, 4.69) is 32.2 Å². The number of rotatable bonds is 5. The molecule has 0 amide bonds. The lowest BCUT2D eigenvalue weighted by Gasteiger charge is -2.31. The third-order valence-corrected chi connectivity index (χ3v) is 5.71. The molecule has 1 aliphatic rings. The van der Waals surface area contributed by atoms with Crippen molar-refractivity contribution >= 4 is 11.6 Å². The van der Waals surface area contributed by atoms with Crippen molar-refractivity contribution in [1.82, 2.24) is 5.32 Å². The Bertz CT molecular complexity index is 563.